The van der Waals surface area contributed by atoms with Crippen LogP contribution in [0.15, 0.2) is 0 Å². The third kappa shape index (κ3) is 3.73. The standard InChI is InChI=1S/C17H33N/c1-4-18-17(15-9-5-7-13(2)11-15)16-10-6-8-14(3)12-16/h13-18H,4-12H2,1-3H3. The molecule has 18 heavy (non-hydrogen) atoms. The fourth-order valence-electron chi connectivity index (χ4n) is 4.57. The average molecular weight is 251 g/mol. The van der Waals surface area contributed by atoms with Gasteiger partial charge in [-0.2, -0.15) is 0 Å². The molecule has 0 aromatic rings. The lowest BCUT2D eigenvalue weighted by Crippen LogP contribution is -2.45. The van der Waals surface area contributed by atoms with Gasteiger partial charge in [0.2, 0.25) is 0 Å². The molecule has 2 saturated carbocycles. The van der Waals surface area contributed by atoms with Gasteiger partial charge in [0.1, 0.15) is 0 Å². The summed E-state index contributed by atoms with van der Waals surface area (Å²) in [5.41, 5.74) is 0. The fourth-order valence-corrected chi connectivity index (χ4v) is 4.57. The van der Waals surface area contributed by atoms with E-state index in [9.17, 15) is 0 Å². The molecule has 0 heterocycles. The van der Waals surface area contributed by atoms with Gasteiger partial charge in [0.15, 0.2) is 0 Å². The zero-order valence-electron chi connectivity index (χ0n) is 12.8. The largest absolute Gasteiger partial charge is 0.314 e. The summed E-state index contributed by atoms with van der Waals surface area (Å²) >= 11 is 0. The summed E-state index contributed by atoms with van der Waals surface area (Å²) in [7, 11) is 0. The first-order valence-corrected chi connectivity index (χ1v) is 8.44. The van der Waals surface area contributed by atoms with Gasteiger partial charge in [-0.15, -0.1) is 0 Å². The van der Waals surface area contributed by atoms with Crippen molar-refractivity contribution in [2.75, 3.05) is 6.54 Å². The molecular weight excluding hydrogens is 218 g/mol. The van der Waals surface area contributed by atoms with Gasteiger partial charge in [0.25, 0.3) is 0 Å². The van der Waals surface area contributed by atoms with Gasteiger partial charge in [0.05, 0.1) is 0 Å². The molecule has 4 atom stereocenters. The Bertz CT molecular complexity index is 216. The number of nitrogens with one attached hydrogen (secondary N) is 1. The lowest BCUT2D eigenvalue weighted by molar-refractivity contribution is 0.136. The number of hydrogen-bond donors (Lipinski definition) is 1. The molecule has 2 aliphatic rings. The van der Waals surface area contributed by atoms with E-state index in [2.05, 4.69) is 26.1 Å². The summed E-state index contributed by atoms with van der Waals surface area (Å²) in [6.07, 6.45) is 11.8. The summed E-state index contributed by atoms with van der Waals surface area (Å²) in [5.74, 6) is 3.85. The molecule has 4 unspecified atom stereocenters. The quantitative estimate of drug-likeness (QED) is 0.769. The van der Waals surface area contributed by atoms with Crippen LogP contribution in [0.25, 0.3) is 0 Å². The molecule has 0 bridgehead atoms. The minimum atomic E-state index is 0.820. The van der Waals surface area contributed by atoms with Crippen LogP contribution in [0.1, 0.15) is 72.1 Å². The van der Waals surface area contributed by atoms with Gasteiger partial charge in [-0.25, -0.2) is 0 Å². The second-order valence-electron chi connectivity index (χ2n) is 7.15. The van der Waals surface area contributed by atoms with E-state index in [1.165, 1.54) is 51.4 Å². The van der Waals surface area contributed by atoms with Crippen molar-refractivity contribution < 1.29 is 0 Å². The molecule has 2 fully saturated rings. The molecule has 0 aromatic heterocycles. The Hall–Kier alpha value is -0.0400. The van der Waals surface area contributed by atoms with Crippen molar-refractivity contribution in [1.82, 2.24) is 5.32 Å². The maximum Gasteiger partial charge on any atom is 0.0124 e. The molecule has 1 heteroatoms. The molecule has 106 valence electrons. The highest BCUT2D eigenvalue weighted by molar-refractivity contribution is 4.88. The Balaban J connectivity index is 1.97. The summed E-state index contributed by atoms with van der Waals surface area (Å²) in [5, 5.41) is 3.86. The maximum absolute atomic E-state index is 3.86. The Kier molecular flexibility index (Phi) is 5.54. The second-order valence-corrected chi connectivity index (χ2v) is 7.15. The number of rotatable bonds is 4. The maximum atomic E-state index is 3.86. The number of hydrogen-bond acceptors (Lipinski definition) is 1. The Morgan fingerprint density at radius 3 is 1.78 bits per heavy atom. The molecule has 1 nitrogen and oxygen atoms in total. The molecule has 0 amide bonds. The molecule has 0 radical (unpaired) electrons. The predicted molar refractivity (Wildman–Crippen MR) is 79.7 cm³/mol. The van der Waals surface area contributed by atoms with Crippen LogP contribution in [0, 0.1) is 23.7 Å². The van der Waals surface area contributed by atoms with Crippen LogP contribution in [0.4, 0.5) is 0 Å². The lowest BCUT2D eigenvalue weighted by atomic mass is 9.70. The van der Waals surface area contributed by atoms with E-state index < -0.39 is 0 Å². The Morgan fingerprint density at radius 2 is 1.39 bits per heavy atom. The van der Waals surface area contributed by atoms with Crippen LogP contribution in [0.2, 0.25) is 0 Å². The van der Waals surface area contributed by atoms with Gasteiger partial charge in [-0.05, 0) is 55.9 Å². The Labute approximate surface area is 114 Å². The van der Waals surface area contributed by atoms with Gasteiger partial charge in [-0.1, -0.05) is 46.5 Å². The summed E-state index contributed by atoms with van der Waals surface area (Å²) in [4.78, 5) is 0. The monoisotopic (exact) mass is 251 g/mol. The fraction of sp³-hybridized carbons (Fsp3) is 1.00. The van der Waals surface area contributed by atoms with Crippen LogP contribution in [0.5, 0.6) is 0 Å². The third-order valence-electron chi connectivity index (χ3n) is 5.41. The summed E-state index contributed by atoms with van der Waals surface area (Å²) < 4.78 is 0. The second kappa shape index (κ2) is 6.93. The van der Waals surface area contributed by atoms with E-state index in [0.29, 0.717) is 0 Å². The van der Waals surface area contributed by atoms with Crippen molar-refractivity contribution in [1.29, 1.82) is 0 Å². The summed E-state index contributed by atoms with van der Waals surface area (Å²) in [6.45, 7) is 8.35. The zero-order valence-corrected chi connectivity index (χ0v) is 12.8. The van der Waals surface area contributed by atoms with Gasteiger partial charge in [-0.3, -0.25) is 0 Å². The van der Waals surface area contributed by atoms with Gasteiger partial charge >= 0.3 is 0 Å². The van der Waals surface area contributed by atoms with Crippen LogP contribution in [-0.4, -0.2) is 12.6 Å². The molecule has 0 spiro atoms. The van der Waals surface area contributed by atoms with Crippen molar-refractivity contribution >= 4 is 0 Å². The van der Waals surface area contributed by atoms with Crippen LogP contribution in [-0.2, 0) is 0 Å². The van der Waals surface area contributed by atoms with E-state index in [0.717, 1.165) is 36.3 Å². The molecular formula is C17H33N. The van der Waals surface area contributed by atoms with E-state index in [4.69, 9.17) is 0 Å². The minimum Gasteiger partial charge on any atom is -0.314 e. The van der Waals surface area contributed by atoms with Crippen LogP contribution >= 0.6 is 0 Å². The van der Waals surface area contributed by atoms with Crippen LogP contribution < -0.4 is 5.32 Å². The van der Waals surface area contributed by atoms with Crippen LogP contribution in [0.3, 0.4) is 0 Å². The third-order valence-corrected chi connectivity index (χ3v) is 5.41. The first-order valence-electron chi connectivity index (χ1n) is 8.44. The minimum absolute atomic E-state index is 0.820. The first kappa shape index (κ1) is 14.4. The predicted octanol–water partition coefficient (Wildman–Crippen LogP) is 4.62. The van der Waals surface area contributed by atoms with Gasteiger partial charge < -0.3 is 5.32 Å². The van der Waals surface area contributed by atoms with Crippen molar-refractivity contribution in [2.45, 2.75) is 78.2 Å². The SMILES string of the molecule is CCNC(C1CCCC(C)C1)C1CCCC(C)C1. The van der Waals surface area contributed by atoms with Crippen molar-refractivity contribution in [3.8, 4) is 0 Å². The van der Waals surface area contributed by atoms with E-state index in [-0.39, 0.29) is 0 Å². The summed E-state index contributed by atoms with van der Waals surface area (Å²) in [6, 6.07) is 0.820. The van der Waals surface area contributed by atoms with E-state index >= 15 is 0 Å². The van der Waals surface area contributed by atoms with Gasteiger partial charge in [0, 0.05) is 6.04 Å². The highest BCUT2D eigenvalue weighted by atomic mass is 14.9. The smallest absolute Gasteiger partial charge is 0.0124 e. The zero-order chi connectivity index (χ0) is 13.0. The van der Waals surface area contributed by atoms with Crippen molar-refractivity contribution in [3.63, 3.8) is 0 Å². The van der Waals surface area contributed by atoms with Crippen molar-refractivity contribution in [3.05, 3.63) is 0 Å². The topological polar surface area (TPSA) is 12.0 Å². The van der Waals surface area contributed by atoms with E-state index in [1.54, 1.807) is 0 Å². The molecule has 0 aromatic carbocycles. The highest BCUT2D eigenvalue weighted by Gasteiger charge is 2.33. The molecule has 2 aliphatic carbocycles. The Morgan fingerprint density at radius 1 is 0.889 bits per heavy atom. The molecule has 0 saturated heterocycles. The first-order chi connectivity index (χ1) is 8.70. The van der Waals surface area contributed by atoms with Crippen molar-refractivity contribution in [2.24, 2.45) is 23.7 Å². The molecule has 1 N–H and O–H groups in total. The lowest BCUT2D eigenvalue weighted by Gasteiger charge is -2.41. The van der Waals surface area contributed by atoms with E-state index in [1.807, 2.05) is 0 Å². The normalized spacial score (nSPS) is 39.5. The molecule has 0 aliphatic heterocycles. The highest BCUT2D eigenvalue weighted by Crippen LogP contribution is 2.38. The average Bonchev–Trinajstić information content (AvgIpc) is 2.36. The molecule has 2 rings (SSSR count).